The molecule has 2 aromatic heterocycles. The van der Waals surface area contributed by atoms with Crippen LogP contribution >= 0.6 is 11.3 Å². The van der Waals surface area contributed by atoms with Gasteiger partial charge in [0, 0.05) is 30.7 Å². The molecular weight excluding hydrogens is 284 g/mol. The molecule has 2 aromatic rings. The molecule has 2 N–H and O–H groups in total. The lowest BCUT2D eigenvalue weighted by Gasteiger charge is -2.29. The van der Waals surface area contributed by atoms with E-state index in [0.717, 1.165) is 16.8 Å². The van der Waals surface area contributed by atoms with Gasteiger partial charge >= 0.3 is 0 Å². The molecule has 2 rings (SSSR count). The lowest BCUT2D eigenvalue weighted by Crippen LogP contribution is -2.43. The molecule has 0 spiro atoms. The summed E-state index contributed by atoms with van der Waals surface area (Å²) in [5.74, 6) is -0.00708. The van der Waals surface area contributed by atoms with E-state index in [4.69, 9.17) is 5.73 Å². The van der Waals surface area contributed by atoms with E-state index in [1.54, 1.807) is 6.20 Å². The maximum Gasteiger partial charge on any atom is 0.266 e. The average Bonchev–Trinajstić information content (AvgIpc) is 2.76. The van der Waals surface area contributed by atoms with E-state index in [1.165, 1.54) is 11.3 Å². The van der Waals surface area contributed by atoms with Crippen LogP contribution < -0.4 is 5.73 Å². The fourth-order valence-electron chi connectivity index (χ4n) is 2.52. The van der Waals surface area contributed by atoms with Gasteiger partial charge in [-0.05, 0) is 40.1 Å². The maximum absolute atomic E-state index is 12.8. The van der Waals surface area contributed by atoms with Gasteiger partial charge in [-0.3, -0.25) is 4.79 Å². The molecular formula is C15H22N4OS. The largest absolute Gasteiger partial charge is 0.397 e. The number of pyridine rings is 1. The van der Waals surface area contributed by atoms with Gasteiger partial charge in [0.15, 0.2) is 0 Å². The molecule has 0 aliphatic heterocycles. The molecule has 6 heteroatoms. The molecule has 0 bridgehead atoms. The Balaban J connectivity index is 2.33. The number of anilines is 1. The Bertz CT molecular complexity index is 638. The van der Waals surface area contributed by atoms with Crippen LogP contribution in [0.4, 0.5) is 5.69 Å². The predicted octanol–water partition coefficient (Wildman–Crippen LogP) is 2.29. The average molecular weight is 306 g/mol. The number of nitrogen functional groups attached to an aromatic ring is 1. The summed E-state index contributed by atoms with van der Waals surface area (Å²) in [4.78, 5) is 22.4. The van der Waals surface area contributed by atoms with Crippen LogP contribution in [0.1, 0.15) is 23.5 Å². The van der Waals surface area contributed by atoms with Crippen molar-refractivity contribution in [1.82, 2.24) is 14.8 Å². The molecule has 114 valence electrons. The van der Waals surface area contributed by atoms with E-state index >= 15 is 0 Å². The van der Waals surface area contributed by atoms with Crippen LogP contribution in [0.15, 0.2) is 18.3 Å². The number of thiophene rings is 1. The molecule has 2 heterocycles. The number of nitrogens with two attached hydrogens (primary N) is 1. The second-order valence-electron chi connectivity index (χ2n) is 5.40. The highest BCUT2D eigenvalue weighted by Crippen LogP contribution is 2.33. The van der Waals surface area contributed by atoms with Crippen LogP contribution in [0.25, 0.3) is 10.2 Å². The molecule has 0 saturated carbocycles. The van der Waals surface area contributed by atoms with Crippen molar-refractivity contribution in [1.29, 1.82) is 0 Å². The molecule has 0 radical (unpaired) electrons. The first-order valence-corrected chi connectivity index (χ1v) is 7.86. The first kappa shape index (κ1) is 15.7. The summed E-state index contributed by atoms with van der Waals surface area (Å²) in [7, 11) is 4.01. The van der Waals surface area contributed by atoms with Crippen molar-refractivity contribution in [3.63, 3.8) is 0 Å². The van der Waals surface area contributed by atoms with Gasteiger partial charge in [0.05, 0.1) is 5.69 Å². The van der Waals surface area contributed by atoms with Crippen LogP contribution in [-0.2, 0) is 0 Å². The van der Waals surface area contributed by atoms with Gasteiger partial charge in [0.25, 0.3) is 5.91 Å². The number of carbonyl (C=O) groups excluding carboxylic acids is 1. The van der Waals surface area contributed by atoms with Gasteiger partial charge in [-0.15, -0.1) is 11.3 Å². The fourth-order valence-corrected chi connectivity index (χ4v) is 3.54. The van der Waals surface area contributed by atoms with E-state index in [-0.39, 0.29) is 11.9 Å². The van der Waals surface area contributed by atoms with Crippen molar-refractivity contribution < 1.29 is 4.79 Å². The third-order valence-corrected chi connectivity index (χ3v) is 4.58. The lowest BCUT2D eigenvalue weighted by atomic mass is 10.2. The van der Waals surface area contributed by atoms with Gasteiger partial charge < -0.3 is 15.5 Å². The Morgan fingerprint density at radius 3 is 2.76 bits per heavy atom. The lowest BCUT2D eigenvalue weighted by molar-refractivity contribution is 0.0685. The topological polar surface area (TPSA) is 62.5 Å². The standard InChI is InChI=1S/C15H22N4OS/c1-5-19(10(2)9-18(3)4)15(20)13-12(16)11-7-6-8-17-14(11)21-13/h6-8,10H,5,9,16H2,1-4H3. The van der Waals surface area contributed by atoms with E-state index in [2.05, 4.69) is 16.8 Å². The molecule has 5 nitrogen and oxygen atoms in total. The number of amides is 1. The van der Waals surface area contributed by atoms with Crippen LogP contribution in [0.5, 0.6) is 0 Å². The molecule has 1 amide bonds. The summed E-state index contributed by atoms with van der Waals surface area (Å²) in [6, 6.07) is 3.88. The summed E-state index contributed by atoms with van der Waals surface area (Å²) in [6.45, 7) is 5.53. The van der Waals surface area contributed by atoms with Crippen LogP contribution in [-0.4, -0.2) is 53.9 Å². The number of carbonyl (C=O) groups is 1. The number of likely N-dealkylation sites (N-methyl/N-ethyl adjacent to an activating group) is 2. The summed E-state index contributed by atoms with van der Waals surface area (Å²) in [6.07, 6.45) is 1.72. The van der Waals surface area contributed by atoms with E-state index in [0.29, 0.717) is 17.1 Å². The van der Waals surface area contributed by atoms with E-state index < -0.39 is 0 Å². The molecule has 0 saturated heterocycles. The summed E-state index contributed by atoms with van der Waals surface area (Å²) in [5.41, 5.74) is 6.69. The number of hydrogen-bond acceptors (Lipinski definition) is 5. The highest BCUT2D eigenvalue weighted by molar-refractivity contribution is 7.21. The third-order valence-electron chi connectivity index (χ3n) is 3.46. The van der Waals surface area contributed by atoms with Gasteiger partial charge in [-0.2, -0.15) is 0 Å². The maximum atomic E-state index is 12.8. The van der Waals surface area contributed by atoms with Crippen molar-refractivity contribution in [2.75, 3.05) is 32.9 Å². The predicted molar refractivity (Wildman–Crippen MR) is 88.8 cm³/mol. The minimum absolute atomic E-state index is 0.00708. The van der Waals surface area contributed by atoms with Crippen molar-refractivity contribution >= 4 is 33.1 Å². The van der Waals surface area contributed by atoms with Crippen molar-refractivity contribution in [3.8, 4) is 0 Å². The molecule has 21 heavy (non-hydrogen) atoms. The minimum atomic E-state index is -0.00708. The zero-order valence-corrected chi connectivity index (χ0v) is 13.8. The first-order chi connectivity index (χ1) is 9.95. The van der Waals surface area contributed by atoms with Gasteiger partial charge in [0.2, 0.25) is 0 Å². The van der Waals surface area contributed by atoms with Crippen molar-refractivity contribution in [2.24, 2.45) is 0 Å². The monoisotopic (exact) mass is 306 g/mol. The quantitative estimate of drug-likeness (QED) is 0.920. The normalized spacial score (nSPS) is 12.8. The Labute approximate surface area is 129 Å². The SMILES string of the molecule is CCN(C(=O)c1sc2ncccc2c1N)C(C)CN(C)C. The van der Waals surface area contributed by atoms with Crippen LogP contribution in [0, 0.1) is 0 Å². The number of hydrogen-bond donors (Lipinski definition) is 1. The Morgan fingerprint density at radius 2 is 2.19 bits per heavy atom. The summed E-state index contributed by atoms with van der Waals surface area (Å²) >= 11 is 1.37. The van der Waals surface area contributed by atoms with Gasteiger partial charge in [0.1, 0.15) is 9.71 Å². The number of rotatable bonds is 5. The van der Waals surface area contributed by atoms with Gasteiger partial charge in [-0.25, -0.2) is 4.98 Å². The number of aromatic nitrogens is 1. The van der Waals surface area contributed by atoms with Crippen molar-refractivity contribution in [2.45, 2.75) is 19.9 Å². The molecule has 0 aliphatic carbocycles. The highest BCUT2D eigenvalue weighted by Gasteiger charge is 2.25. The van der Waals surface area contributed by atoms with E-state index in [1.807, 2.05) is 38.1 Å². The molecule has 0 aliphatic rings. The number of fused-ring (bicyclic) bond motifs is 1. The third kappa shape index (κ3) is 3.16. The van der Waals surface area contributed by atoms with Crippen LogP contribution in [0.2, 0.25) is 0 Å². The number of nitrogens with zero attached hydrogens (tertiary/aromatic N) is 3. The zero-order chi connectivity index (χ0) is 15.6. The Kier molecular flexibility index (Phi) is 4.80. The fraction of sp³-hybridized carbons (Fsp3) is 0.467. The minimum Gasteiger partial charge on any atom is -0.397 e. The smallest absolute Gasteiger partial charge is 0.266 e. The molecule has 1 unspecified atom stereocenters. The van der Waals surface area contributed by atoms with Crippen LogP contribution in [0.3, 0.4) is 0 Å². The second kappa shape index (κ2) is 6.41. The highest BCUT2D eigenvalue weighted by atomic mass is 32.1. The second-order valence-corrected chi connectivity index (χ2v) is 6.40. The first-order valence-electron chi connectivity index (χ1n) is 7.04. The summed E-state index contributed by atoms with van der Waals surface area (Å²) < 4.78 is 0. The molecule has 0 aromatic carbocycles. The zero-order valence-electron chi connectivity index (χ0n) is 13.0. The molecule has 0 fully saturated rings. The Hall–Kier alpha value is -1.66. The van der Waals surface area contributed by atoms with Crippen molar-refractivity contribution in [3.05, 3.63) is 23.2 Å². The Morgan fingerprint density at radius 1 is 1.48 bits per heavy atom. The van der Waals surface area contributed by atoms with Gasteiger partial charge in [-0.1, -0.05) is 0 Å². The summed E-state index contributed by atoms with van der Waals surface area (Å²) in [5, 5.41) is 0.863. The molecule has 1 atom stereocenters. The van der Waals surface area contributed by atoms with E-state index in [9.17, 15) is 4.79 Å².